The van der Waals surface area contributed by atoms with E-state index in [1.807, 2.05) is 24.3 Å². The first kappa shape index (κ1) is 14.8. The van der Waals surface area contributed by atoms with Crippen molar-refractivity contribution in [1.82, 2.24) is 4.90 Å². The highest BCUT2D eigenvalue weighted by Crippen LogP contribution is 2.30. The number of hydrogen-bond acceptors (Lipinski definition) is 2. The molecule has 1 aromatic rings. The van der Waals surface area contributed by atoms with Crippen LogP contribution in [-0.2, 0) is 4.79 Å². The standard InChI is InChI=1S/C15H19F2NO2/c1-15(16,17)14(19)18-9-3-4-12(10-18)11-5-7-13(20-2)8-6-11/h5-8,12H,3-4,9-10H2,1-2H3. The van der Waals surface area contributed by atoms with Crippen LogP contribution in [0.4, 0.5) is 8.78 Å². The largest absolute Gasteiger partial charge is 0.497 e. The average Bonchev–Trinajstić information content (AvgIpc) is 2.46. The van der Waals surface area contributed by atoms with E-state index in [1.54, 1.807) is 7.11 Å². The van der Waals surface area contributed by atoms with Gasteiger partial charge in [-0.05, 0) is 30.5 Å². The van der Waals surface area contributed by atoms with E-state index in [2.05, 4.69) is 0 Å². The van der Waals surface area contributed by atoms with Gasteiger partial charge in [0, 0.05) is 25.9 Å². The molecule has 1 amide bonds. The van der Waals surface area contributed by atoms with Crippen LogP contribution in [0.15, 0.2) is 24.3 Å². The Morgan fingerprint density at radius 2 is 2.00 bits per heavy atom. The molecule has 5 heteroatoms. The number of alkyl halides is 2. The fraction of sp³-hybridized carbons (Fsp3) is 0.533. The maximum absolute atomic E-state index is 13.1. The number of ether oxygens (including phenoxy) is 1. The van der Waals surface area contributed by atoms with Gasteiger partial charge in [0.1, 0.15) is 5.75 Å². The first-order valence-corrected chi connectivity index (χ1v) is 6.73. The van der Waals surface area contributed by atoms with Gasteiger partial charge in [0.15, 0.2) is 0 Å². The van der Waals surface area contributed by atoms with Crippen molar-refractivity contribution in [2.45, 2.75) is 31.6 Å². The number of amides is 1. The topological polar surface area (TPSA) is 29.5 Å². The summed E-state index contributed by atoms with van der Waals surface area (Å²) < 4.78 is 31.3. The second-order valence-corrected chi connectivity index (χ2v) is 5.25. The molecule has 0 aliphatic carbocycles. The molecule has 0 radical (unpaired) electrons. The van der Waals surface area contributed by atoms with Crippen molar-refractivity contribution in [3.63, 3.8) is 0 Å². The minimum absolute atomic E-state index is 0.112. The lowest BCUT2D eigenvalue weighted by Crippen LogP contribution is -2.46. The van der Waals surface area contributed by atoms with E-state index in [1.165, 1.54) is 4.90 Å². The number of benzene rings is 1. The predicted octanol–water partition coefficient (Wildman–Crippen LogP) is 3.06. The molecule has 1 atom stereocenters. The Morgan fingerprint density at radius 1 is 1.35 bits per heavy atom. The minimum atomic E-state index is -3.29. The molecule has 3 nitrogen and oxygen atoms in total. The minimum Gasteiger partial charge on any atom is -0.497 e. The highest BCUT2D eigenvalue weighted by molar-refractivity contribution is 5.83. The maximum atomic E-state index is 13.1. The SMILES string of the molecule is COc1ccc(C2CCCN(C(=O)C(C)(F)F)C2)cc1. The van der Waals surface area contributed by atoms with Gasteiger partial charge >= 0.3 is 5.92 Å². The molecule has 1 aliphatic heterocycles. The molecule has 0 saturated carbocycles. The maximum Gasteiger partial charge on any atom is 0.322 e. The van der Waals surface area contributed by atoms with Crippen LogP contribution in [0.3, 0.4) is 0 Å². The number of rotatable bonds is 3. The summed E-state index contributed by atoms with van der Waals surface area (Å²) in [4.78, 5) is 12.9. The van der Waals surface area contributed by atoms with Crippen LogP contribution in [0.1, 0.15) is 31.2 Å². The number of hydrogen-bond donors (Lipinski definition) is 0. The van der Waals surface area contributed by atoms with Crippen LogP contribution in [-0.4, -0.2) is 36.9 Å². The van der Waals surface area contributed by atoms with Crippen LogP contribution in [0, 0.1) is 0 Å². The van der Waals surface area contributed by atoms with Crippen molar-refractivity contribution in [3.05, 3.63) is 29.8 Å². The Labute approximate surface area is 117 Å². The molecule has 1 saturated heterocycles. The lowest BCUT2D eigenvalue weighted by Gasteiger charge is -2.34. The molecule has 0 bridgehead atoms. The van der Waals surface area contributed by atoms with Crippen molar-refractivity contribution in [3.8, 4) is 5.75 Å². The molecule has 1 unspecified atom stereocenters. The molecular weight excluding hydrogens is 264 g/mol. The fourth-order valence-electron chi connectivity index (χ4n) is 2.59. The van der Waals surface area contributed by atoms with Crippen LogP contribution in [0.5, 0.6) is 5.75 Å². The van der Waals surface area contributed by atoms with E-state index < -0.39 is 11.8 Å². The summed E-state index contributed by atoms with van der Waals surface area (Å²) in [6.45, 7) is 1.43. The number of carbonyl (C=O) groups is 1. The number of halogens is 2. The van der Waals surface area contributed by atoms with Crippen molar-refractivity contribution in [2.24, 2.45) is 0 Å². The van der Waals surface area contributed by atoms with Gasteiger partial charge in [-0.15, -0.1) is 0 Å². The first-order valence-electron chi connectivity index (χ1n) is 6.73. The normalized spacial score (nSPS) is 19.8. The Hall–Kier alpha value is -1.65. The summed E-state index contributed by atoms with van der Waals surface area (Å²) in [6.07, 6.45) is 1.66. The van der Waals surface area contributed by atoms with Crippen molar-refractivity contribution in [1.29, 1.82) is 0 Å². The molecule has 110 valence electrons. The Kier molecular flexibility index (Phi) is 4.26. The smallest absolute Gasteiger partial charge is 0.322 e. The highest BCUT2D eigenvalue weighted by atomic mass is 19.3. The van der Waals surface area contributed by atoms with E-state index in [0.29, 0.717) is 20.0 Å². The second kappa shape index (κ2) is 5.77. The predicted molar refractivity (Wildman–Crippen MR) is 72.2 cm³/mol. The monoisotopic (exact) mass is 283 g/mol. The van der Waals surface area contributed by atoms with E-state index in [4.69, 9.17) is 4.74 Å². The molecule has 0 aromatic heterocycles. The average molecular weight is 283 g/mol. The van der Waals surface area contributed by atoms with Gasteiger partial charge < -0.3 is 9.64 Å². The summed E-state index contributed by atoms with van der Waals surface area (Å²) in [7, 11) is 1.60. The number of piperidine rings is 1. The molecule has 1 aromatic carbocycles. The second-order valence-electron chi connectivity index (χ2n) is 5.25. The van der Waals surface area contributed by atoms with Gasteiger partial charge in [0.25, 0.3) is 5.91 Å². The molecular formula is C15H19F2NO2. The van der Waals surface area contributed by atoms with E-state index >= 15 is 0 Å². The summed E-state index contributed by atoms with van der Waals surface area (Å²) in [5.74, 6) is -3.49. The lowest BCUT2D eigenvalue weighted by atomic mass is 9.90. The van der Waals surface area contributed by atoms with Gasteiger partial charge in [-0.3, -0.25) is 4.79 Å². The van der Waals surface area contributed by atoms with Gasteiger partial charge in [-0.1, -0.05) is 12.1 Å². The molecule has 1 aliphatic rings. The quantitative estimate of drug-likeness (QED) is 0.853. The zero-order chi connectivity index (χ0) is 14.8. The summed E-state index contributed by atoms with van der Waals surface area (Å²) in [5.41, 5.74) is 1.06. The number of carbonyl (C=O) groups excluding carboxylic acids is 1. The van der Waals surface area contributed by atoms with Crippen LogP contribution < -0.4 is 4.74 Å². The number of nitrogens with zero attached hydrogens (tertiary/aromatic N) is 1. The molecule has 1 fully saturated rings. The number of methoxy groups -OCH3 is 1. The van der Waals surface area contributed by atoms with Gasteiger partial charge in [0.05, 0.1) is 7.11 Å². The Morgan fingerprint density at radius 3 is 2.55 bits per heavy atom. The number of likely N-dealkylation sites (tertiary alicyclic amines) is 1. The van der Waals surface area contributed by atoms with Crippen LogP contribution in [0.2, 0.25) is 0 Å². The third-order valence-corrected chi connectivity index (χ3v) is 3.67. The molecule has 1 heterocycles. The molecule has 0 spiro atoms. The third kappa shape index (κ3) is 3.26. The lowest BCUT2D eigenvalue weighted by molar-refractivity contribution is -0.156. The molecule has 2 rings (SSSR count). The van der Waals surface area contributed by atoms with Crippen molar-refractivity contribution in [2.75, 3.05) is 20.2 Å². The highest BCUT2D eigenvalue weighted by Gasteiger charge is 2.38. The van der Waals surface area contributed by atoms with Crippen molar-refractivity contribution >= 4 is 5.91 Å². The zero-order valence-corrected chi connectivity index (χ0v) is 11.7. The zero-order valence-electron chi connectivity index (χ0n) is 11.7. The van der Waals surface area contributed by atoms with E-state index in [9.17, 15) is 13.6 Å². The summed E-state index contributed by atoms with van der Waals surface area (Å²) in [6, 6.07) is 7.57. The first-order chi connectivity index (χ1) is 9.41. The van der Waals surface area contributed by atoms with Gasteiger partial charge in [-0.25, -0.2) is 0 Å². The molecule has 20 heavy (non-hydrogen) atoms. The fourth-order valence-corrected chi connectivity index (χ4v) is 2.59. The van der Waals surface area contributed by atoms with Gasteiger partial charge in [-0.2, -0.15) is 8.78 Å². The molecule has 0 N–H and O–H groups in total. The Bertz CT molecular complexity index is 468. The van der Waals surface area contributed by atoms with Crippen LogP contribution >= 0.6 is 0 Å². The van der Waals surface area contributed by atoms with E-state index in [-0.39, 0.29) is 5.92 Å². The summed E-state index contributed by atoms with van der Waals surface area (Å²) in [5, 5.41) is 0. The third-order valence-electron chi connectivity index (χ3n) is 3.67. The van der Waals surface area contributed by atoms with E-state index in [0.717, 1.165) is 24.2 Å². The Balaban J connectivity index is 2.08. The van der Waals surface area contributed by atoms with Crippen molar-refractivity contribution < 1.29 is 18.3 Å². The van der Waals surface area contributed by atoms with Gasteiger partial charge in [0.2, 0.25) is 0 Å². The summed E-state index contributed by atoms with van der Waals surface area (Å²) >= 11 is 0. The van der Waals surface area contributed by atoms with Crippen LogP contribution in [0.25, 0.3) is 0 Å².